The van der Waals surface area contributed by atoms with Crippen LogP contribution >= 0.6 is 0 Å². The van der Waals surface area contributed by atoms with Crippen LogP contribution in [0.3, 0.4) is 0 Å². The van der Waals surface area contributed by atoms with Crippen molar-refractivity contribution < 1.29 is 32.6 Å². The number of aliphatic carboxylic acids is 1. The van der Waals surface area contributed by atoms with E-state index in [9.17, 15) is 22.8 Å². The number of carboxylic acids is 1. The first-order chi connectivity index (χ1) is 13.3. The number of alkyl halides is 3. The van der Waals surface area contributed by atoms with E-state index in [1.807, 2.05) is 48.5 Å². The first kappa shape index (κ1) is 19.7. The maximum atomic E-state index is 12.5. The maximum absolute atomic E-state index is 12.5. The topological polar surface area (TPSA) is 66.8 Å². The van der Waals surface area contributed by atoms with E-state index < -0.39 is 37.7 Å². The van der Waals surface area contributed by atoms with Gasteiger partial charge < -0.3 is 9.84 Å². The summed E-state index contributed by atoms with van der Waals surface area (Å²) in [6, 6.07) is 15.2. The van der Waals surface area contributed by atoms with Crippen LogP contribution < -0.4 is 0 Å². The third kappa shape index (κ3) is 4.44. The Bertz CT molecular complexity index is 836. The summed E-state index contributed by atoms with van der Waals surface area (Å²) in [5.74, 6) is -1.67. The SMILES string of the molecule is O=C(O)CN(CCC(F)(F)F)C(=O)OCC1c2ccccc2-c2ccccc21. The Kier molecular flexibility index (Phi) is 5.58. The summed E-state index contributed by atoms with van der Waals surface area (Å²) in [5, 5.41) is 8.87. The van der Waals surface area contributed by atoms with Gasteiger partial charge >= 0.3 is 18.2 Å². The monoisotopic (exact) mass is 393 g/mol. The van der Waals surface area contributed by atoms with Gasteiger partial charge in [-0.1, -0.05) is 48.5 Å². The third-order valence-corrected chi connectivity index (χ3v) is 4.59. The number of carbonyl (C=O) groups is 2. The molecule has 5 nitrogen and oxygen atoms in total. The summed E-state index contributed by atoms with van der Waals surface area (Å²) in [6.45, 7) is -1.71. The van der Waals surface area contributed by atoms with Gasteiger partial charge in [0.1, 0.15) is 13.2 Å². The Morgan fingerprint density at radius 1 is 1.00 bits per heavy atom. The fourth-order valence-electron chi connectivity index (χ4n) is 3.35. The van der Waals surface area contributed by atoms with Crippen LogP contribution in [0, 0.1) is 0 Å². The summed E-state index contributed by atoms with van der Waals surface area (Å²) in [5.41, 5.74) is 3.94. The van der Waals surface area contributed by atoms with Gasteiger partial charge in [-0.25, -0.2) is 4.79 Å². The Morgan fingerprint density at radius 3 is 2.04 bits per heavy atom. The Labute approximate surface area is 159 Å². The van der Waals surface area contributed by atoms with Gasteiger partial charge in [-0.3, -0.25) is 9.69 Å². The van der Waals surface area contributed by atoms with E-state index in [1.54, 1.807) is 0 Å². The van der Waals surface area contributed by atoms with Crippen LogP contribution in [0.1, 0.15) is 23.5 Å². The summed E-state index contributed by atoms with van der Waals surface area (Å²) in [4.78, 5) is 23.7. The number of hydrogen-bond donors (Lipinski definition) is 1. The van der Waals surface area contributed by atoms with Gasteiger partial charge in [-0.15, -0.1) is 0 Å². The normalized spacial score (nSPS) is 13.0. The molecule has 0 aliphatic heterocycles. The molecular weight excluding hydrogens is 375 g/mol. The number of amides is 1. The van der Waals surface area contributed by atoms with Gasteiger partial charge in [0.2, 0.25) is 0 Å². The van der Waals surface area contributed by atoms with Gasteiger partial charge in [0, 0.05) is 12.5 Å². The zero-order valence-electron chi connectivity index (χ0n) is 14.8. The van der Waals surface area contributed by atoms with E-state index in [1.165, 1.54) is 0 Å². The highest BCUT2D eigenvalue weighted by molar-refractivity contribution is 5.79. The molecule has 148 valence electrons. The molecule has 1 aliphatic rings. The van der Waals surface area contributed by atoms with Crippen molar-refractivity contribution in [2.24, 2.45) is 0 Å². The predicted octanol–water partition coefficient (Wildman–Crippen LogP) is 4.27. The van der Waals surface area contributed by atoms with E-state index in [2.05, 4.69) is 0 Å². The van der Waals surface area contributed by atoms with Crippen molar-refractivity contribution in [2.45, 2.75) is 18.5 Å². The van der Waals surface area contributed by atoms with Gasteiger partial charge in [0.05, 0.1) is 6.42 Å². The van der Waals surface area contributed by atoms with E-state index in [-0.39, 0.29) is 12.5 Å². The number of fused-ring (bicyclic) bond motifs is 3. The minimum atomic E-state index is -4.50. The highest BCUT2D eigenvalue weighted by Crippen LogP contribution is 2.44. The zero-order chi connectivity index (χ0) is 20.3. The summed E-state index contributed by atoms with van der Waals surface area (Å²) in [7, 11) is 0. The molecule has 0 spiro atoms. The quantitative estimate of drug-likeness (QED) is 0.796. The first-order valence-corrected chi connectivity index (χ1v) is 8.65. The van der Waals surface area contributed by atoms with E-state index in [0.717, 1.165) is 22.3 Å². The van der Waals surface area contributed by atoms with Crippen molar-refractivity contribution in [3.63, 3.8) is 0 Å². The second-order valence-electron chi connectivity index (χ2n) is 6.48. The van der Waals surface area contributed by atoms with Crippen molar-refractivity contribution in [3.8, 4) is 11.1 Å². The van der Waals surface area contributed by atoms with Crippen LogP contribution in [-0.4, -0.2) is 47.9 Å². The third-order valence-electron chi connectivity index (χ3n) is 4.59. The number of halogens is 3. The van der Waals surface area contributed by atoms with Gasteiger partial charge in [-0.2, -0.15) is 13.2 Å². The number of carboxylic acid groups (broad SMARTS) is 1. The van der Waals surface area contributed by atoms with Crippen LogP contribution in [0.5, 0.6) is 0 Å². The molecule has 8 heteroatoms. The fraction of sp³-hybridized carbons (Fsp3) is 0.300. The lowest BCUT2D eigenvalue weighted by Gasteiger charge is -2.22. The standard InChI is InChI=1S/C20H18F3NO4/c21-20(22,23)9-10-24(11-18(25)26)19(27)28-12-17-15-7-3-1-5-13(15)14-6-2-4-8-16(14)17/h1-8,17H,9-12H2,(H,25,26). The molecule has 2 aromatic carbocycles. The molecular formula is C20H18F3NO4. The second kappa shape index (κ2) is 7.92. The van der Waals surface area contributed by atoms with Crippen molar-refractivity contribution in [2.75, 3.05) is 19.7 Å². The predicted molar refractivity (Wildman–Crippen MR) is 94.9 cm³/mol. The van der Waals surface area contributed by atoms with Crippen LogP contribution in [0.25, 0.3) is 11.1 Å². The molecule has 0 radical (unpaired) electrons. The smallest absolute Gasteiger partial charge is 0.410 e. The van der Waals surface area contributed by atoms with E-state index in [4.69, 9.17) is 9.84 Å². The van der Waals surface area contributed by atoms with Crippen LogP contribution in [-0.2, 0) is 9.53 Å². The summed E-state index contributed by atoms with van der Waals surface area (Å²) < 4.78 is 42.6. The molecule has 0 fully saturated rings. The van der Waals surface area contributed by atoms with Crippen LogP contribution in [0.15, 0.2) is 48.5 Å². The molecule has 3 rings (SSSR count). The molecule has 0 atom stereocenters. The number of benzene rings is 2. The lowest BCUT2D eigenvalue weighted by atomic mass is 9.98. The molecule has 0 unspecified atom stereocenters. The Balaban J connectivity index is 1.73. The molecule has 0 heterocycles. The van der Waals surface area contributed by atoms with Gasteiger partial charge in [0.15, 0.2) is 0 Å². The molecule has 1 aliphatic carbocycles. The number of nitrogens with zero attached hydrogens (tertiary/aromatic N) is 1. The average molecular weight is 393 g/mol. The lowest BCUT2D eigenvalue weighted by molar-refractivity contribution is -0.144. The highest BCUT2D eigenvalue weighted by atomic mass is 19.4. The molecule has 1 N–H and O–H groups in total. The molecule has 0 saturated carbocycles. The minimum absolute atomic E-state index is 0.0883. The first-order valence-electron chi connectivity index (χ1n) is 8.65. The molecule has 0 bridgehead atoms. The molecule has 1 amide bonds. The van der Waals surface area contributed by atoms with E-state index in [0.29, 0.717) is 4.90 Å². The zero-order valence-corrected chi connectivity index (χ0v) is 14.8. The van der Waals surface area contributed by atoms with E-state index >= 15 is 0 Å². The lowest BCUT2D eigenvalue weighted by Crippen LogP contribution is -2.38. The van der Waals surface area contributed by atoms with Crippen LogP contribution in [0.4, 0.5) is 18.0 Å². The number of hydrogen-bond acceptors (Lipinski definition) is 3. The Hall–Kier alpha value is -3.03. The van der Waals surface area contributed by atoms with Gasteiger partial charge in [-0.05, 0) is 22.3 Å². The van der Waals surface area contributed by atoms with Crippen molar-refractivity contribution >= 4 is 12.1 Å². The fourth-order valence-corrected chi connectivity index (χ4v) is 3.35. The summed E-state index contributed by atoms with van der Waals surface area (Å²) >= 11 is 0. The minimum Gasteiger partial charge on any atom is -0.480 e. The number of rotatable bonds is 6. The van der Waals surface area contributed by atoms with Crippen LogP contribution in [0.2, 0.25) is 0 Å². The molecule has 28 heavy (non-hydrogen) atoms. The second-order valence-corrected chi connectivity index (χ2v) is 6.48. The van der Waals surface area contributed by atoms with Crippen molar-refractivity contribution in [1.82, 2.24) is 4.90 Å². The number of carbonyl (C=O) groups excluding carboxylic acids is 1. The summed E-state index contributed by atoms with van der Waals surface area (Å²) in [6.07, 6.45) is -6.88. The Morgan fingerprint density at radius 2 is 1.54 bits per heavy atom. The molecule has 0 saturated heterocycles. The maximum Gasteiger partial charge on any atom is 0.410 e. The van der Waals surface area contributed by atoms with Crippen molar-refractivity contribution in [3.05, 3.63) is 59.7 Å². The average Bonchev–Trinajstić information content (AvgIpc) is 2.96. The molecule has 2 aromatic rings. The van der Waals surface area contributed by atoms with Crippen molar-refractivity contribution in [1.29, 1.82) is 0 Å². The largest absolute Gasteiger partial charge is 0.480 e. The van der Waals surface area contributed by atoms with Gasteiger partial charge in [0.25, 0.3) is 0 Å². The highest BCUT2D eigenvalue weighted by Gasteiger charge is 2.32. The number of ether oxygens (including phenoxy) is 1. The molecule has 0 aromatic heterocycles.